The SMILES string of the molecule is N=C(CCl)C1=CCNC1. The first-order valence-corrected chi connectivity index (χ1v) is 3.41. The highest BCUT2D eigenvalue weighted by Crippen LogP contribution is 2.01. The Balaban J connectivity index is 2.51. The van der Waals surface area contributed by atoms with E-state index in [0.717, 1.165) is 18.7 Å². The highest BCUT2D eigenvalue weighted by atomic mass is 35.5. The van der Waals surface area contributed by atoms with E-state index in [9.17, 15) is 0 Å². The zero-order valence-corrected chi connectivity index (χ0v) is 5.83. The molecule has 0 saturated carbocycles. The third kappa shape index (κ3) is 1.53. The monoisotopic (exact) mass is 144 g/mol. The van der Waals surface area contributed by atoms with Gasteiger partial charge in [-0.1, -0.05) is 6.08 Å². The predicted molar refractivity (Wildman–Crippen MR) is 39.4 cm³/mol. The quantitative estimate of drug-likeness (QED) is 0.436. The van der Waals surface area contributed by atoms with Gasteiger partial charge in [-0.25, -0.2) is 0 Å². The van der Waals surface area contributed by atoms with Gasteiger partial charge in [-0.3, -0.25) is 0 Å². The van der Waals surface area contributed by atoms with Crippen LogP contribution in [0.3, 0.4) is 0 Å². The maximum absolute atomic E-state index is 7.29. The first kappa shape index (κ1) is 6.78. The van der Waals surface area contributed by atoms with Gasteiger partial charge in [-0.05, 0) is 5.57 Å². The highest BCUT2D eigenvalue weighted by Gasteiger charge is 2.06. The fraction of sp³-hybridized carbons (Fsp3) is 0.500. The molecule has 1 heterocycles. The molecule has 0 amide bonds. The van der Waals surface area contributed by atoms with E-state index in [1.807, 2.05) is 6.08 Å². The molecule has 2 nitrogen and oxygen atoms in total. The van der Waals surface area contributed by atoms with Crippen molar-refractivity contribution in [2.75, 3.05) is 19.0 Å². The van der Waals surface area contributed by atoms with Crippen LogP contribution < -0.4 is 5.32 Å². The summed E-state index contributed by atoms with van der Waals surface area (Å²) >= 11 is 5.44. The van der Waals surface area contributed by atoms with Crippen LogP contribution in [-0.4, -0.2) is 24.7 Å². The van der Waals surface area contributed by atoms with Crippen molar-refractivity contribution in [2.45, 2.75) is 0 Å². The molecule has 0 saturated heterocycles. The lowest BCUT2D eigenvalue weighted by molar-refractivity contribution is 0.884. The zero-order chi connectivity index (χ0) is 6.69. The highest BCUT2D eigenvalue weighted by molar-refractivity contribution is 6.31. The van der Waals surface area contributed by atoms with Gasteiger partial charge >= 0.3 is 0 Å². The molecule has 1 rings (SSSR count). The molecule has 0 aliphatic carbocycles. The van der Waals surface area contributed by atoms with Gasteiger partial charge in [0, 0.05) is 13.1 Å². The molecule has 0 fully saturated rings. The summed E-state index contributed by atoms with van der Waals surface area (Å²) in [4.78, 5) is 0. The Hall–Kier alpha value is -0.340. The minimum atomic E-state index is 0.327. The fourth-order valence-corrected chi connectivity index (χ4v) is 0.962. The van der Waals surface area contributed by atoms with Crippen molar-refractivity contribution in [1.29, 1.82) is 5.41 Å². The van der Waals surface area contributed by atoms with Gasteiger partial charge in [0.2, 0.25) is 0 Å². The summed E-state index contributed by atoms with van der Waals surface area (Å²) in [6.45, 7) is 1.69. The molecule has 0 bridgehead atoms. The van der Waals surface area contributed by atoms with Crippen LogP contribution in [0.15, 0.2) is 11.6 Å². The fourth-order valence-electron chi connectivity index (χ4n) is 0.790. The molecule has 0 spiro atoms. The Kier molecular flexibility index (Phi) is 2.25. The van der Waals surface area contributed by atoms with Gasteiger partial charge in [0.25, 0.3) is 0 Å². The van der Waals surface area contributed by atoms with Crippen molar-refractivity contribution >= 4 is 17.3 Å². The first-order valence-electron chi connectivity index (χ1n) is 2.88. The summed E-state index contributed by atoms with van der Waals surface area (Å²) in [5.74, 6) is 0.327. The van der Waals surface area contributed by atoms with E-state index in [4.69, 9.17) is 17.0 Å². The Labute approximate surface area is 59.4 Å². The van der Waals surface area contributed by atoms with E-state index in [0.29, 0.717) is 11.6 Å². The smallest absolute Gasteiger partial charge is 0.0643 e. The van der Waals surface area contributed by atoms with Crippen molar-refractivity contribution in [3.63, 3.8) is 0 Å². The van der Waals surface area contributed by atoms with Crippen LogP contribution >= 0.6 is 11.6 Å². The minimum absolute atomic E-state index is 0.327. The van der Waals surface area contributed by atoms with E-state index < -0.39 is 0 Å². The number of hydrogen-bond acceptors (Lipinski definition) is 2. The molecular weight excluding hydrogens is 136 g/mol. The molecule has 1 aliphatic heterocycles. The van der Waals surface area contributed by atoms with Crippen LogP contribution in [0.4, 0.5) is 0 Å². The third-order valence-electron chi connectivity index (χ3n) is 1.33. The summed E-state index contributed by atoms with van der Waals surface area (Å²) in [6.07, 6.45) is 2.00. The Bertz CT molecular complexity index is 151. The van der Waals surface area contributed by atoms with Gasteiger partial charge in [0.15, 0.2) is 0 Å². The molecule has 2 N–H and O–H groups in total. The van der Waals surface area contributed by atoms with Crippen molar-refractivity contribution in [2.24, 2.45) is 0 Å². The van der Waals surface area contributed by atoms with E-state index in [2.05, 4.69) is 5.32 Å². The normalized spacial score (nSPS) is 17.7. The standard InChI is InChI=1S/C6H9ClN2/c7-3-6(8)5-1-2-9-4-5/h1,8-9H,2-4H2. The molecule has 3 heteroatoms. The van der Waals surface area contributed by atoms with E-state index in [-0.39, 0.29) is 0 Å². The summed E-state index contributed by atoms with van der Waals surface area (Å²) in [5.41, 5.74) is 1.59. The van der Waals surface area contributed by atoms with E-state index >= 15 is 0 Å². The van der Waals surface area contributed by atoms with Crippen LogP contribution in [-0.2, 0) is 0 Å². The molecule has 0 atom stereocenters. The second kappa shape index (κ2) is 2.99. The Morgan fingerprint density at radius 3 is 3.11 bits per heavy atom. The van der Waals surface area contributed by atoms with Crippen LogP contribution in [0, 0.1) is 5.41 Å². The van der Waals surface area contributed by atoms with Crippen molar-refractivity contribution in [1.82, 2.24) is 5.32 Å². The number of nitrogens with one attached hydrogen (secondary N) is 2. The van der Waals surface area contributed by atoms with Gasteiger partial charge in [0.05, 0.1) is 11.6 Å². The summed E-state index contributed by atoms with van der Waals surface area (Å²) in [7, 11) is 0. The molecule has 0 unspecified atom stereocenters. The number of hydrogen-bond donors (Lipinski definition) is 2. The topological polar surface area (TPSA) is 35.9 Å². The van der Waals surface area contributed by atoms with E-state index in [1.165, 1.54) is 0 Å². The first-order chi connectivity index (χ1) is 4.34. The minimum Gasteiger partial charge on any atom is -0.309 e. The molecule has 0 radical (unpaired) electrons. The Morgan fingerprint density at radius 1 is 1.89 bits per heavy atom. The summed E-state index contributed by atoms with van der Waals surface area (Å²) in [5, 5.41) is 10.4. The molecule has 0 aromatic carbocycles. The van der Waals surface area contributed by atoms with Crippen molar-refractivity contribution < 1.29 is 0 Å². The predicted octanol–water partition coefficient (Wildman–Crippen LogP) is 0.775. The van der Waals surface area contributed by atoms with Gasteiger partial charge in [0.1, 0.15) is 0 Å². The van der Waals surface area contributed by atoms with Crippen LogP contribution in [0.25, 0.3) is 0 Å². The molecular formula is C6H9ClN2. The maximum Gasteiger partial charge on any atom is 0.0643 e. The summed E-state index contributed by atoms with van der Waals surface area (Å²) in [6, 6.07) is 0. The number of rotatable bonds is 2. The Morgan fingerprint density at radius 2 is 2.67 bits per heavy atom. The van der Waals surface area contributed by atoms with Crippen LogP contribution in [0.5, 0.6) is 0 Å². The van der Waals surface area contributed by atoms with Gasteiger partial charge in [-0.15, -0.1) is 11.6 Å². The summed E-state index contributed by atoms with van der Waals surface area (Å²) < 4.78 is 0. The van der Waals surface area contributed by atoms with E-state index in [1.54, 1.807) is 0 Å². The van der Waals surface area contributed by atoms with Gasteiger partial charge in [-0.2, -0.15) is 0 Å². The average Bonchev–Trinajstić information content (AvgIpc) is 2.37. The zero-order valence-electron chi connectivity index (χ0n) is 5.08. The number of halogens is 1. The second-order valence-corrected chi connectivity index (χ2v) is 2.24. The largest absolute Gasteiger partial charge is 0.309 e. The lowest BCUT2D eigenvalue weighted by Gasteiger charge is -1.96. The molecule has 9 heavy (non-hydrogen) atoms. The maximum atomic E-state index is 7.29. The van der Waals surface area contributed by atoms with Crippen molar-refractivity contribution in [3.05, 3.63) is 11.6 Å². The average molecular weight is 145 g/mol. The van der Waals surface area contributed by atoms with Gasteiger partial charge < -0.3 is 10.7 Å². The lowest BCUT2D eigenvalue weighted by atomic mass is 10.2. The lowest BCUT2D eigenvalue weighted by Crippen LogP contribution is -2.12. The number of alkyl halides is 1. The van der Waals surface area contributed by atoms with Crippen LogP contribution in [0.1, 0.15) is 0 Å². The molecule has 50 valence electrons. The third-order valence-corrected chi connectivity index (χ3v) is 1.60. The molecule has 1 aliphatic rings. The van der Waals surface area contributed by atoms with Crippen molar-refractivity contribution in [3.8, 4) is 0 Å². The molecule has 0 aromatic rings. The van der Waals surface area contributed by atoms with Crippen LogP contribution in [0.2, 0.25) is 0 Å². The second-order valence-electron chi connectivity index (χ2n) is 1.97. The molecule has 0 aromatic heterocycles.